The first-order valence-corrected chi connectivity index (χ1v) is 4.93. The van der Waals surface area contributed by atoms with Crippen LogP contribution in [0.5, 0.6) is 0 Å². The molecule has 0 N–H and O–H groups in total. The molecule has 0 aliphatic heterocycles. The normalized spacial score (nSPS) is 8.43. The molecule has 0 aliphatic carbocycles. The van der Waals surface area contributed by atoms with E-state index in [4.69, 9.17) is 0 Å². The molecule has 0 aliphatic rings. The van der Waals surface area contributed by atoms with E-state index in [9.17, 15) is 4.79 Å². The summed E-state index contributed by atoms with van der Waals surface area (Å²) in [5.41, 5.74) is 1.17. The lowest BCUT2D eigenvalue weighted by molar-refractivity contribution is -0.118. The van der Waals surface area contributed by atoms with E-state index in [0.717, 1.165) is 0 Å². The molecule has 0 radical (unpaired) electrons. The monoisotopic (exact) mass is 190 g/mol. The van der Waals surface area contributed by atoms with Crippen LogP contribution in [0.4, 0.5) is 0 Å². The number of carbonyl (C=O) groups excluding carboxylic acids is 1. The molecule has 1 aromatic carbocycles. The topological polar surface area (TPSA) is 17.1 Å². The van der Waals surface area contributed by atoms with Crippen LogP contribution in [0.2, 0.25) is 0 Å². The van der Waals surface area contributed by atoms with E-state index in [0.29, 0.717) is 18.6 Å². The summed E-state index contributed by atoms with van der Waals surface area (Å²) in [7, 11) is 0. The van der Waals surface area contributed by atoms with Gasteiger partial charge in [0.1, 0.15) is 5.78 Å². The Balaban J connectivity index is 0.000000255. The number of hydrogen-bond acceptors (Lipinski definition) is 1. The maximum Gasteiger partial charge on any atom is 0.132 e. The largest absolute Gasteiger partial charge is 0.300 e. The lowest BCUT2D eigenvalue weighted by Gasteiger charge is -1.85. The van der Waals surface area contributed by atoms with Gasteiger partial charge in [-0.05, 0) is 5.56 Å². The van der Waals surface area contributed by atoms with Gasteiger partial charge in [-0.3, -0.25) is 4.79 Å². The van der Waals surface area contributed by atoms with Crippen molar-refractivity contribution in [3.8, 4) is 0 Å². The third-order valence-electron chi connectivity index (χ3n) is 1.82. The number of benzene rings is 1. The minimum Gasteiger partial charge on any atom is -0.300 e. The van der Waals surface area contributed by atoms with Gasteiger partial charge in [-0.25, -0.2) is 0 Å². The second-order valence-corrected chi connectivity index (χ2v) is 2.86. The average Bonchev–Trinajstić information content (AvgIpc) is 2.30. The highest BCUT2D eigenvalue weighted by molar-refractivity contribution is 5.77. The second-order valence-electron chi connectivity index (χ2n) is 2.86. The molecular formula is C13H18O. The highest BCUT2D eigenvalue weighted by atomic mass is 16.1. The van der Waals surface area contributed by atoms with Gasteiger partial charge in [0.15, 0.2) is 0 Å². The first-order valence-electron chi connectivity index (χ1n) is 4.93. The molecule has 0 unspecified atom stereocenters. The Bertz CT molecular complexity index is 256. The van der Waals surface area contributed by atoms with Gasteiger partial charge < -0.3 is 0 Å². The average molecular weight is 190 g/mol. The fraction of sp³-hybridized carbons (Fsp3) is 0.308. The Morgan fingerprint density at radius 1 is 1.21 bits per heavy atom. The maximum absolute atomic E-state index is 10.2. The van der Waals surface area contributed by atoms with Crippen molar-refractivity contribution >= 4 is 11.9 Å². The number of carbonyl (C=O) groups is 1. The van der Waals surface area contributed by atoms with Crippen LogP contribution >= 0.6 is 0 Å². The number of rotatable bonds is 3. The molecule has 1 nitrogen and oxygen atoms in total. The van der Waals surface area contributed by atoms with E-state index in [1.54, 1.807) is 0 Å². The Morgan fingerprint density at radius 2 is 1.71 bits per heavy atom. The predicted octanol–water partition coefficient (Wildman–Crippen LogP) is 3.71. The molecule has 0 heterocycles. The Labute approximate surface area is 86.5 Å². The lowest BCUT2D eigenvalue weighted by atomic mass is 10.2. The summed E-state index contributed by atoms with van der Waals surface area (Å²) in [4.78, 5) is 10.2. The van der Waals surface area contributed by atoms with E-state index >= 15 is 0 Å². The van der Waals surface area contributed by atoms with Crippen LogP contribution < -0.4 is 0 Å². The van der Waals surface area contributed by atoms with Crippen molar-refractivity contribution in [3.05, 3.63) is 42.5 Å². The molecule has 1 heteroatoms. The van der Waals surface area contributed by atoms with Crippen molar-refractivity contribution in [2.24, 2.45) is 0 Å². The fourth-order valence-corrected chi connectivity index (χ4v) is 0.839. The minimum atomic E-state index is 0.343. The molecule has 0 saturated carbocycles. The van der Waals surface area contributed by atoms with E-state index < -0.39 is 0 Å². The van der Waals surface area contributed by atoms with Gasteiger partial charge in [-0.2, -0.15) is 0 Å². The highest BCUT2D eigenvalue weighted by Crippen LogP contribution is 1.97. The third kappa shape index (κ3) is 6.18. The molecule has 1 rings (SSSR count). The summed E-state index contributed by atoms with van der Waals surface area (Å²) in [6.07, 6.45) is 3.22. The zero-order valence-corrected chi connectivity index (χ0v) is 8.99. The second kappa shape index (κ2) is 8.24. The van der Waals surface area contributed by atoms with Crippen LogP contribution in [-0.2, 0) is 4.79 Å². The van der Waals surface area contributed by atoms with E-state index in [1.807, 2.05) is 50.3 Å². The SMILES string of the molecule is C=Cc1ccccc1.CCC(=O)CC. The maximum atomic E-state index is 10.2. The molecule has 0 amide bonds. The Kier molecular flexibility index (Phi) is 7.43. The molecule has 0 spiro atoms. The van der Waals surface area contributed by atoms with Crippen LogP contribution in [0.1, 0.15) is 32.3 Å². The summed E-state index contributed by atoms with van der Waals surface area (Å²) in [5.74, 6) is 0.343. The number of Topliss-reactive ketones (excluding diaryl/α,β-unsaturated/α-hetero) is 1. The smallest absolute Gasteiger partial charge is 0.132 e. The molecule has 76 valence electrons. The van der Waals surface area contributed by atoms with Crippen molar-refractivity contribution in [2.75, 3.05) is 0 Å². The van der Waals surface area contributed by atoms with Crippen molar-refractivity contribution in [2.45, 2.75) is 26.7 Å². The molecule has 0 aromatic heterocycles. The Hall–Kier alpha value is -1.37. The van der Waals surface area contributed by atoms with Crippen molar-refractivity contribution in [3.63, 3.8) is 0 Å². The number of hydrogen-bond donors (Lipinski definition) is 0. The molecule has 0 bridgehead atoms. The summed E-state index contributed by atoms with van der Waals surface area (Å²) in [5, 5.41) is 0. The number of ketones is 1. The van der Waals surface area contributed by atoms with Crippen LogP contribution in [0.25, 0.3) is 6.08 Å². The third-order valence-corrected chi connectivity index (χ3v) is 1.82. The summed E-state index contributed by atoms with van der Waals surface area (Å²) in [6.45, 7) is 7.39. The van der Waals surface area contributed by atoms with E-state index in [-0.39, 0.29) is 0 Å². The van der Waals surface area contributed by atoms with Gasteiger partial charge in [-0.15, -0.1) is 0 Å². The van der Waals surface area contributed by atoms with Crippen LogP contribution in [0, 0.1) is 0 Å². The summed E-state index contributed by atoms with van der Waals surface area (Å²) >= 11 is 0. The van der Waals surface area contributed by atoms with Crippen LogP contribution in [-0.4, -0.2) is 5.78 Å². The first-order chi connectivity index (χ1) is 6.74. The van der Waals surface area contributed by atoms with Gasteiger partial charge in [-0.1, -0.05) is 56.8 Å². The van der Waals surface area contributed by atoms with E-state index in [2.05, 4.69) is 6.58 Å². The van der Waals surface area contributed by atoms with Crippen molar-refractivity contribution < 1.29 is 4.79 Å². The summed E-state index contributed by atoms with van der Waals surface area (Å²) < 4.78 is 0. The van der Waals surface area contributed by atoms with Crippen molar-refractivity contribution in [1.82, 2.24) is 0 Å². The van der Waals surface area contributed by atoms with Crippen LogP contribution in [0.15, 0.2) is 36.9 Å². The van der Waals surface area contributed by atoms with Gasteiger partial charge in [0.2, 0.25) is 0 Å². The molecule has 1 aromatic rings. The zero-order valence-electron chi connectivity index (χ0n) is 8.99. The van der Waals surface area contributed by atoms with E-state index in [1.165, 1.54) is 5.56 Å². The molecular weight excluding hydrogens is 172 g/mol. The molecule has 0 fully saturated rings. The van der Waals surface area contributed by atoms with Crippen molar-refractivity contribution in [1.29, 1.82) is 0 Å². The quantitative estimate of drug-likeness (QED) is 0.710. The molecule has 0 saturated heterocycles. The van der Waals surface area contributed by atoms with Gasteiger partial charge in [0.25, 0.3) is 0 Å². The minimum absolute atomic E-state index is 0.343. The summed E-state index contributed by atoms with van der Waals surface area (Å²) in [6, 6.07) is 10.0. The molecule has 0 atom stereocenters. The first kappa shape index (κ1) is 12.6. The Morgan fingerprint density at radius 3 is 1.93 bits per heavy atom. The highest BCUT2D eigenvalue weighted by Gasteiger charge is 1.86. The van der Waals surface area contributed by atoms with Gasteiger partial charge >= 0.3 is 0 Å². The predicted molar refractivity (Wildman–Crippen MR) is 62.1 cm³/mol. The van der Waals surface area contributed by atoms with Gasteiger partial charge in [0, 0.05) is 12.8 Å². The molecule has 14 heavy (non-hydrogen) atoms. The lowest BCUT2D eigenvalue weighted by Crippen LogP contribution is -1.88. The zero-order chi connectivity index (χ0) is 10.8. The standard InChI is InChI=1S/C8H8.C5H10O/c1-2-8-6-4-3-5-7-8;1-3-5(6)4-2/h2-7H,1H2;3-4H2,1-2H3. The van der Waals surface area contributed by atoms with Crippen LogP contribution in [0.3, 0.4) is 0 Å². The van der Waals surface area contributed by atoms with Gasteiger partial charge in [0.05, 0.1) is 0 Å². The fourth-order valence-electron chi connectivity index (χ4n) is 0.839.